The minimum atomic E-state index is 0.607. The lowest BCUT2D eigenvalue weighted by molar-refractivity contribution is 0.324. The molecule has 0 saturated heterocycles. The summed E-state index contributed by atoms with van der Waals surface area (Å²) in [5.41, 5.74) is 2.18. The van der Waals surface area contributed by atoms with Gasteiger partial charge in [0.25, 0.3) is 0 Å². The number of aromatic nitrogens is 1. The SMILES string of the molecule is CC.CCOc1cc(OC)c2cccc(CC)c2n1.CO. The van der Waals surface area contributed by atoms with Crippen molar-refractivity contribution in [1.82, 2.24) is 4.98 Å². The normalized spacial score (nSPS) is 9.10. The highest BCUT2D eigenvalue weighted by molar-refractivity contribution is 5.88. The molecule has 1 heterocycles. The van der Waals surface area contributed by atoms with Gasteiger partial charge >= 0.3 is 0 Å². The van der Waals surface area contributed by atoms with Crippen LogP contribution in [0.25, 0.3) is 10.9 Å². The molecule has 1 aromatic heterocycles. The molecule has 1 aromatic carbocycles. The third-order valence-corrected chi connectivity index (χ3v) is 2.75. The highest BCUT2D eigenvalue weighted by Gasteiger charge is 2.09. The molecule has 4 nitrogen and oxygen atoms in total. The number of aryl methyl sites for hydroxylation is 1. The van der Waals surface area contributed by atoms with Gasteiger partial charge in [0.1, 0.15) is 5.75 Å². The second-order valence-electron chi connectivity index (χ2n) is 3.76. The van der Waals surface area contributed by atoms with Crippen molar-refractivity contribution in [3.63, 3.8) is 0 Å². The smallest absolute Gasteiger partial charge is 0.217 e. The molecule has 4 heteroatoms. The molecular formula is C17H27NO3. The van der Waals surface area contributed by atoms with Gasteiger partial charge in [-0.3, -0.25) is 0 Å². The van der Waals surface area contributed by atoms with Crippen LogP contribution in [0.15, 0.2) is 24.3 Å². The number of aliphatic hydroxyl groups is 1. The topological polar surface area (TPSA) is 51.6 Å². The van der Waals surface area contributed by atoms with Crippen LogP contribution in [0, 0.1) is 0 Å². The first kappa shape index (κ1) is 19.2. The number of nitrogens with zero attached hydrogens (tertiary/aromatic N) is 1. The van der Waals surface area contributed by atoms with Crippen molar-refractivity contribution in [3.05, 3.63) is 29.8 Å². The summed E-state index contributed by atoms with van der Waals surface area (Å²) in [6.07, 6.45) is 0.947. The monoisotopic (exact) mass is 293 g/mol. The highest BCUT2D eigenvalue weighted by Crippen LogP contribution is 2.30. The fourth-order valence-corrected chi connectivity index (χ4v) is 1.93. The molecule has 0 saturated carbocycles. The average Bonchev–Trinajstić information content (AvgIpc) is 2.57. The molecule has 0 aliphatic carbocycles. The van der Waals surface area contributed by atoms with E-state index in [0.717, 1.165) is 30.2 Å². The second kappa shape index (κ2) is 10.9. The maximum absolute atomic E-state index is 7.00. The Morgan fingerprint density at radius 2 is 1.81 bits per heavy atom. The number of fused-ring (bicyclic) bond motifs is 1. The van der Waals surface area contributed by atoms with Gasteiger partial charge in [0.05, 0.1) is 19.2 Å². The Hall–Kier alpha value is -1.81. The van der Waals surface area contributed by atoms with Crippen molar-refractivity contribution in [2.45, 2.75) is 34.1 Å². The molecule has 0 radical (unpaired) electrons. The van der Waals surface area contributed by atoms with Gasteiger partial charge in [0, 0.05) is 18.6 Å². The van der Waals surface area contributed by atoms with Gasteiger partial charge in [-0.15, -0.1) is 0 Å². The molecule has 0 unspecified atom stereocenters. The predicted molar refractivity (Wildman–Crippen MR) is 88.3 cm³/mol. The van der Waals surface area contributed by atoms with E-state index in [1.165, 1.54) is 5.56 Å². The first-order valence-corrected chi connectivity index (χ1v) is 7.34. The Kier molecular flexibility index (Phi) is 9.98. The number of benzene rings is 1. The maximum Gasteiger partial charge on any atom is 0.217 e. The third-order valence-electron chi connectivity index (χ3n) is 2.75. The van der Waals surface area contributed by atoms with Crippen LogP contribution >= 0.6 is 0 Å². The molecule has 0 fully saturated rings. The van der Waals surface area contributed by atoms with E-state index in [2.05, 4.69) is 18.0 Å². The zero-order valence-corrected chi connectivity index (χ0v) is 13.9. The van der Waals surface area contributed by atoms with Gasteiger partial charge in [-0.1, -0.05) is 32.9 Å². The van der Waals surface area contributed by atoms with Gasteiger partial charge in [-0.05, 0) is 25.0 Å². The quantitative estimate of drug-likeness (QED) is 0.930. The van der Waals surface area contributed by atoms with Crippen molar-refractivity contribution in [1.29, 1.82) is 0 Å². The number of aliphatic hydroxyl groups excluding tert-OH is 1. The third kappa shape index (κ3) is 4.90. The molecule has 0 amide bonds. The Labute approximate surface area is 127 Å². The summed E-state index contributed by atoms with van der Waals surface area (Å²) in [6, 6.07) is 7.98. The molecule has 1 N–H and O–H groups in total. The van der Waals surface area contributed by atoms with E-state index in [1.54, 1.807) is 7.11 Å². The molecule has 0 bridgehead atoms. The lowest BCUT2D eigenvalue weighted by Gasteiger charge is -2.10. The summed E-state index contributed by atoms with van der Waals surface area (Å²) < 4.78 is 10.9. The summed E-state index contributed by atoms with van der Waals surface area (Å²) in [4.78, 5) is 4.54. The lowest BCUT2D eigenvalue weighted by Crippen LogP contribution is -1.98. The molecule has 118 valence electrons. The van der Waals surface area contributed by atoms with Gasteiger partial charge in [0.2, 0.25) is 5.88 Å². The van der Waals surface area contributed by atoms with Crippen LogP contribution in [0.3, 0.4) is 0 Å². The van der Waals surface area contributed by atoms with E-state index in [-0.39, 0.29) is 0 Å². The van der Waals surface area contributed by atoms with E-state index in [4.69, 9.17) is 14.6 Å². The zero-order chi connectivity index (χ0) is 16.3. The Morgan fingerprint density at radius 3 is 2.33 bits per heavy atom. The lowest BCUT2D eigenvalue weighted by atomic mass is 10.1. The largest absolute Gasteiger partial charge is 0.496 e. The minimum absolute atomic E-state index is 0.607. The van der Waals surface area contributed by atoms with Crippen molar-refractivity contribution in [3.8, 4) is 11.6 Å². The van der Waals surface area contributed by atoms with E-state index >= 15 is 0 Å². The van der Waals surface area contributed by atoms with Crippen LogP contribution < -0.4 is 9.47 Å². The summed E-state index contributed by atoms with van der Waals surface area (Å²) in [6.45, 7) is 8.68. The Bertz CT molecular complexity index is 527. The van der Waals surface area contributed by atoms with Crippen molar-refractivity contribution >= 4 is 10.9 Å². The number of methoxy groups -OCH3 is 1. The average molecular weight is 293 g/mol. The van der Waals surface area contributed by atoms with Gasteiger partial charge in [0.15, 0.2) is 0 Å². The molecule has 2 rings (SSSR count). The highest BCUT2D eigenvalue weighted by atomic mass is 16.5. The van der Waals surface area contributed by atoms with Crippen LogP contribution in [0.1, 0.15) is 33.3 Å². The fraction of sp³-hybridized carbons (Fsp3) is 0.471. The number of pyridine rings is 1. The molecular weight excluding hydrogens is 266 g/mol. The second-order valence-corrected chi connectivity index (χ2v) is 3.76. The number of hydrogen-bond acceptors (Lipinski definition) is 4. The minimum Gasteiger partial charge on any atom is -0.496 e. The van der Waals surface area contributed by atoms with Crippen molar-refractivity contribution in [2.24, 2.45) is 0 Å². The zero-order valence-electron chi connectivity index (χ0n) is 13.9. The Balaban J connectivity index is 0.000000921. The molecule has 0 spiro atoms. The van der Waals surface area contributed by atoms with Crippen LogP contribution in [0.4, 0.5) is 0 Å². The number of ether oxygens (including phenoxy) is 2. The summed E-state index contributed by atoms with van der Waals surface area (Å²) in [5, 5.41) is 8.04. The van der Waals surface area contributed by atoms with Crippen LogP contribution in [-0.4, -0.2) is 30.9 Å². The van der Waals surface area contributed by atoms with E-state index in [9.17, 15) is 0 Å². The van der Waals surface area contributed by atoms with E-state index in [0.29, 0.717) is 12.5 Å². The van der Waals surface area contributed by atoms with Crippen LogP contribution in [0.2, 0.25) is 0 Å². The summed E-state index contributed by atoms with van der Waals surface area (Å²) in [5.74, 6) is 1.44. The molecule has 21 heavy (non-hydrogen) atoms. The maximum atomic E-state index is 7.00. The van der Waals surface area contributed by atoms with Crippen LogP contribution in [-0.2, 0) is 6.42 Å². The number of rotatable bonds is 4. The summed E-state index contributed by atoms with van der Waals surface area (Å²) >= 11 is 0. The van der Waals surface area contributed by atoms with E-state index in [1.807, 2.05) is 39.0 Å². The standard InChI is InChI=1S/C14H17NO2.C2H6.CH4O/c1-4-10-7-6-8-11-12(16-3)9-13(17-5-2)15-14(10)11;2*1-2/h6-9H,4-5H2,1-3H3;1-2H3;2H,1H3. The van der Waals surface area contributed by atoms with Gasteiger partial charge < -0.3 is 14.6 Å². The van der Waals surface area contributed by atoms with Crippen molar-refractivity contribution < 1.29 is 14.6 Å². The first-order valence-electron chi connectivity index (χ1n) is 7.34. The van der Waals surface area contributed by atoms with E-state index < -0.39 is 0 Å². The molecule has 0 aliphatic heterocycles. The number of para-hydroxylation sites is 1. The first-order chi connectivity index (χ1) is 10.3. The van der Waals surface area contributed by atoms with Crippen molar-refractivity contribution in [2.75, 3.05) is 20.8 Å². The van der Waals surface area contributed by atoms with Gasteiger partial charge in [-0.2, -0.15) is 0 Å². The predicted octanol–water partition coefficient (Wildman–Crippen LogP) is 3.84. The fourth-order valence-electron chi connectivity index (χ4n) is 1.93. The van der Waals surface area contributed by atoms with Gasteiger partial charge in [-0.25, -0.2) is 4.98 Å². The van der Waals surface area contributed by atoms with Crippen LogP contribution in [0.5, 0.6) is 11.6 Å². The summed E-state index contributed by atoms with van der Waals surface area (Å²) in [7, 11) is 2.67. The number of hydrogen-bond donors (Lipinski definition) is 1. The molecule has 0 atom stereocenters. The molecule has 2 aromatic rings. The Morgan fingerprint density at radius 1 is 1.14 bits per heavy atom. The molecule has 0 aliphatic rings.